The first-order valence-corrected chi connectivity index (χ1v) is 5.89. The second-order valence-corrected chi connectivity index (χ2v) is 3.79. The quantitative estimate of drug-likeness (QED) is 0.681. The molecular weight excluding hydrogens is 237 g/mol. The second kappa shape index (κ2) is 8.99. The van der Waals surface area contributed by atoms with Crippen LogP contribution in [-0.2, 0) is 27.4 Å². The van der Waals surface area contributed by atoms with Gasteiger partial charge in [0.1, 0.15) is 5.82 Å². The molecule has 18 heavy (non-hydrogen) atoms. The van der Waals surface area contributed by atoms with Gasteiger partial charge in [-0.1, -0.05) is 6.07 Å². The second-order valence-electron chi connectivity index (χ2n) is 3.79. The molecule has 4 nitrogen and oxygen atoms in total. The van der Waals surface area contributed by atoms with Crippen LogP contribution in [0.25, 0.3) is 0 Å². The van der Waals surface area contributed by atoms with Crippen molar-refractivity contribution in [3.63, 3.8) is 0 Å². The van der Waals surface area contributed by atoms with Gasteiger partial charge in [0, 0.05) is 19.2 Å². The van der Waals surface area contributed by atoms with Crippen LogP contribution in [0.3, 0.4) is 0 Å². The Bertz CT molecular complexity index is 347. The van der Waals surface area contributed by atoms with Crippen LogP contribution in [0.5, 0.6) is 0 Å². The number of benzene rings is 1. The first kappa shape index (κ1) is 15.0. The molecule has 0 unspecified atom stereocenters. The average Bonchev–Trinajstić information content (AvgIpc) is 2.39. The van der Waals surface area contributed by atoms with Crippen molar-refractivity contribution in [1.29, 1.82) is 0 Å². The molecule has 0 aliphatic carbocycles. The van der Waals surface area contributed by atoms with Crippen LogP contribution in [0, 0.1) is 5.82 Å². The summed E-state index contributed by atoms with van der Waals surface area (Å²) in [6, 6.07) is 4.83. The summed E-state index contributed by atoms with van der Waals surface area (Å²) in [4.78, 5) is 0. The average molecular weight is 257 g/mol. The minimum absolute atomic E-state index is 0.194. The van der Waals surface area contributed by atoms with Crippen molar-refractivity contribution in [2.45, 2.75) is 13.2 Å². The maximum absolute atomic E-state index is 13.2. The van der Waals surface area contributed by atoms with Gasteiger partial charge in [0.25, 0.3) is 0 Å². The molecule has 5 heteroatoms. The summed E-state index contributed by atoms with van der Waals surface area (Å²) in [6.07, 6.45) is 0. The van der Waals surface area contributed by atoms with E-state index in [0.717, 1.165) is 5.56 Å². The molecule has 0 saturated carbocycles. The van der Waals surface area contributed by atoms with Crippen molar-refractivity contribution in [1.82, 2.24) is 0 Å². The summed E-state index contributed by atoms with van der Waals surface area (Å²) in [6.45, 7) is 2.79. The Morgan fingerprint density at radius 2 is 1.83 bits per heavy atom. The standard InChI is InChI=1S/C13H20FNO3/c1-16-4-5-17-6-7-18-10-11-2-3-13(14)12(8-11)9-15/h2-3,8H,4-7,9-10,15H2,1H3. The Morgan fingerprint density at radius 1 is 1.11 bits per heavy atom. The molecule has 0 fully saturated rings. The number of hydrogen-bond donors (Lipinski definition) is 1. The number of rotatable bonds is 9. The molecule has 1 aromatic rings. The highest BCUT2D eigenvalue weighted by molar-refractivity contribution is 5.24. The summed E-state index contributed by atoms with van der Waals surface area (Å²) >= 11 is 0. The van der Waals surface area contributed by atoms with E-state index in [2.05, 4.69) is 0 Å². The van der Waals surface area contributed by atoms with Crippen molar-refractivity contribution in [3.05, 3.63) is 35.1 Å². The molecule has 0 bridgehead atoms. The van der Waals surface area contributed by atoms with E-state index < -0.39 is 0 Å². The van der Waals surface area contributed by atoms with E-state index in [9.17, 15) is 4.39 Å². The zero-order valence-corrected chi connectivity index (χ0v) is 10.7. The van der Waals surface area contributed by atoms with E-state index in [4.69, 9.17) is 19.9 Å². The van der Waals surface area contributed by atoms with Gasteiger partial charge in [-0.2, -0.15) is 0 Å². The molecule has 1 aromatic carbocycles. The van der Waals surface area contributed by atoms with Gasteiger partial charge in [-0.3, -0.25) is 0 Å². The Morgan fingerprint density at radius 3 is 2.56 bits per heavy atom. The van der Waals surface area contributed by atoms with Gasteiger partial charge in [0.05, 0.1) is 33.0 Å². The Kier molecular flexibility index (Phi) is 7.52. The monoisotopic (exact) mass is 257 g/mol. The van der Waals surface area contributed by atoms with E-state index >= 15 is 0 Å². The van der Waals surface area contributed by atoms with Crippen LogP contribution < -0.4 is 5.73 Å². The molecule has 0 saturated heterocycles. The van der Waals surface area contributed by atoms with Crippen LogP contribution in [0.15, 0.2) is 18.2 Å². The van der Waals surface area contributed by atoms with E-state index in [0.29, 0.717) is 38.6 Å². The number of methoxy groups -OCH3 is 1. The summed E-state index contributed by atoms with van der Waals surface area (Å²) in [7, 11) is 1.63. The van der Waals surface area contributed by atoms with Crippen molar-refractivity contribution in [2.24, 2.45) is 5.73 Å². The lowest BCUT2D eigenvalue weighted by Gasteiger charge is -2.07. The van der Waals surface area contributed by atoms with Crippen LogP contribution in [-0.4, -0.2) is 33.5 Å². The molecule has 0 spiro atoms. The Hall–Kier alpha value is -1.01. The van der Waals surface area contributed by atoms with Gasteiger partial charge < -0.3 is 19.9 Å². The fourth-order valence-electron chi connectivity index (χ4n) is 1.43. The van der Waals surface area contributed by atoms with Gasteiger partial charge in [-0.15, -0.1) is 0 Å². The summed E-state index contributed by atoms with van der Waals surface area (Å²) in [5, 5.41) is 0. The zero-order chi connectivity index (χ0) is 13.2. The van der Waals surface area contributed by atoms with Crippen molar-refractivity contribution in [3.8, 4) is 0 Å². The number of hydrogen-bond acceptors (Lipinski definition) is 4. The summed E-state index contributed by atoms with van der Waals surface area (Å²) < 4.78 is 28.7. The predicted octanol–water partition coefficient (Wildman–Crippen LogP) is 1.46. The third-order valence-electron chi connectivity index (χ3n) is 2.40. The van der Waals surface area contributed by atoms with Gasteiger partial charge in [0.15, 0.2) is 0 Å². The van der Waals surface area contributed by atoms with Crippen molar-refractivity contribution < 1.29 is 18.6 Å². The fourth-order valence-corrected chi connectivity index (χ4v) is 1.43. The number of ether oxygens (including phenoxy) is 3. The van der Waals surface area contributed by atoms with Crippen molar-refractivity contribution in [2.75, 3.05) is 33.5 Å². The van der Waals surface area contributed by atoms with E-state index in [1.165, 1.54) is 6.07 Å². The number of nitrogens with two attached hydrogens (primary N) is 1. The van der Waals surface area contributed by atoms with Crippen LogP contribution in [0.2, 0.25) is 0 Å². The molecule has 0 aliphatic heterocycles. The maximum atomic E-state index is 13.2. The van der Waals surface area contributed by atoms with E-state index in [1.54, 1.807) is 19.2 Å². The summed E-state index contributed by atoms with van der Waals surface area (Å²) in [5.41, 5.74) is 6.85. The Balaban J connectivity index is 2.19. The van der Waals surface area contributed by atoms with Crippen LogP contribution >= 0.6 is 0 Å². The Labute approximate surface area is 107 Å². The molecule has 0 atom stereocenters. The third kappa shape index (κ3) is 5.55. The van der Waals surface area contributed by atoms with Gasteiger partial charge in [-0.05, 0) is 17.7 Å². The molecule has 0 heterocycles. The lowest BCUT2D eigenvalue weighted by molar-refractivity contribution is 0.0199. The predicted molar refractivity (Wildman–Crippen MR) is 66.6 cm³/mol. The molecule has 102 valence electrons. The zero-order valence-electron chi connectivity index (χ0n) is 10.7. The topological polar surface area (TPSA) is 53.7 Å². The molecule has 0 aliphatic rings. The first-order chi connectivity index (χ1) is 8.77. The highest BCUT2D eigenvalue weighted by Gasteiger charge is 2.01. The molecule has 2 N–H and O–H groups in total. The van der Waals surface area contributed by atoms with Gasteiger partial charge >= 0.3 is 0 Å². The molecule has 0 aromatic heterocycles. The van der Waals surface area contributed by atoms with E-state index in [1.807, 2.05) is 0 Å². The SMILES string of the molecule is COCCOCCOCc1ccc(F)c(CN)c1. The lowest BCUT2D eigenvalue weighted by Crippen LogP contribution is -2.08. The van der Waals surface area contributed by atoms with Gasteiger partial charge in [-0.25, -0.2) is 4.39 Å². The molecular formula is C13H20FNO3. The highest BCUT2D eigenvalue weighted by Crippen LogP contribution is 2.10. The lowest BCUT2D eigenvalue weighted by atomic mass is 10.1. The smallest absolute Gasteiger partial charge is 0.127 e. The first-order valence-electron chi connectivity index (χ1n) is 5.89. The normalized spacial score (nSPS) is 10.8. The maximum Gasteiger partial charge on any atom is 0.127 e. The minimum atomic E-state index is -0.274. The molecule has 1 rings (SSSR count). The molecule has 0 radical (unpaired) electrons. The number of halogens is 1. The van der Waals surface area contributed by atoms with E-state index in [-0.39, 0.29) is 12.4 Å². The largest absolute Gasteiger partial charge is 0.382 e. The molecule has 0 amide bonds. The van der Waals surface area contributed by atoms with Crippen LogP contribution in [0.1, 0.15) is 11.1 Å². The highest BCUT2D eigenvalue weighted by atomic mass is 19.1. The minimum Gasteiger partial charge on any atom is -0.382 e. The van der Waals surface area contributed by atoms with Gasteiger partial charge in [0.2, 0.25) is 0 Å². The van der Waals surface area contributed by atoms with Crippen LogP contribution in [0.4, 0.5) is 4.39 Å². The fraction of sp³-hybridized carbons (Fsp3) is 0.538. The summed E-state index contributed by atoms with van der Waals surface area (Å²) in [5.74, 6) is -0.274. The van der Waals surface area contributed by atoms with Crippen molar-refractivity contribution >= 4 is 0 Å². The third-order valence-corrected chi connectivity index (χ3v) is 2.40.